The van der Waals surface area contributed by atoms with Crippen molar-refractivity contribution in [2.24, 2.45) is 0 Å². The van der Waals surface area contributed by atoms with Gasteiger partial charge in [-0.05, 0) is 43.3 Å². The Bertz CT molecular complexity index is 1010. The maximum Gasteiger partial charge on any atom is 0.226 e. The van der Waals surface area contributed by atoms with Crippen LogP contribution in [0.15, 0.2) is 63.4 Å². The molecule has 4 rings (SSSR count). The lowest BCUT2D eigenvalue weighted by atomic mass is 10.1. The summed E-state index contributed by atoms with van der Waals surface area (Å²) in [5.74, 6) is 2.19. The average Bonchev–Trinajstić information content (AvgIpc) is 3.18. The van der Waals surface area contributed by atoms with E-state index >= 15 is 0 Å². The number of aromatic nitrogens is 1. The van der Waals surface area contributed by atoms with E-state index in [1.807, 2.05) is 55.5 Å². The zero-order valence-electron chi connectivity index (χ0n) is 13.2. The van der Waals surface area contributed by atoms with E-state index < -0.39 is 0 Å². The van der Waals surface area contributed by atoms with E-state index in [2.05, 4.69) is 4.98 Å². The fourth-order valence-corrected chi connectivity index (χ4v) is 2.74. The fraction of sp³-hybridized carbons (Fsp3) is 0.100. The summed E-state index contributed by atoms with van der Waals surface area (Å²) in [5, 5.41) is 0.916. The molecule has 24 heavy (non-hydrogen) atoms. The first-order valence-corrected chi connectivity index (χ1v) is 7.72. The van der Waals surface area contributed by atoms with Crippen LogP contribution in [0.5, 0.6) is 0 Å². The van der Waals surface area contributed by atoms with Crippen molar-refractivity contribution in [3.63, 3.8) is 0 Å². The summed E-state index contributed by atoms with van der Waals surface area (Å²) in [6.45, 7) is 1.90. The normalized spacial score (nSPS) is 11.0. The molecule has 2 heterocycles. The minimum Gasteiger partial charge on any atom is -0.461 e. The topological polar surface area (TPSA) is 56.2 Å². The second kappa shape index (κ2) is 5.81. The van der Waals surface area contributed by atoms with E-state index in [-0.39, 0.29) is 0 Å². The number of hydrogen-bond acceptors (Lipinski definition) is 4. The zero-order chi connectivity index (χ0) is 16.5. The number of oxazole rings is 1. The van der Waals surface area contributed by atoms with Crippen molar-refractivity contribution in [2.75, 3.05) is 0 Å². The minimum absolute atomic E-state index is 0.549. The first-order valence-electron chi connectivity index (χ1n) is 7.72. The van der Waals surface area contributed by atoms with Gasteiger partial charge in [0.2, 0.25) is 5.89 Å². The van der Waals surface area contributed by atoms with Gasteiger partial charge >= 0.3 is 0 Å². The molecule has 0 aliphatic carbocycles. The van der Waals surface area contributed by atoms with E-state index in [0.717, 1.165) is 40.0 Å². The molecular weight excluding hydrogens is 302 g/mol. The summed E-state index contributed by atoms with van der Waals surface area (Å²) in [6, 6.07) is 17.1. The van der Waals surface area contributed by atoms with Crippen molar-refractivity contribution >= 4 is 17.3 Å². The number of carbonyl (C=O) groups excluding carboxylic acids is 1. The second-order valence-corrected chi connectivity index (χ2v) is 5.69. The Morgan fingerprint density at radius 1 is 1.04 bits per heavy atom. The predicted molar refractivity (Wildman–Crippen MR) is 91.1 cm³/mol. The maximum absolute atomic E-state index is 10.9. The highest BCUT2D eigenvalue weighted by Crippen LogP contribution is 2.26. The van der Waals surface area contributed by atoms with E-state index in [1.54, 1.807) is 6.07 Å². The predicted octanol–water partition coefficient (Wildman–Crippen LogP) is 4.80. The number of hydrogen-bond donors (Lipinski definition) is 0. The molecule has 4 aromatic rings. The van der Waals surface area contributed by atoms with Crippen LogP contribution < -0.4 is 0 Å². The van der Waals surface area contributed by atoms with Crippen molar-refractivity contribution in [2.45, 2.75) is 13.3 Å². The van der Waals surface area contributed by atoms with Crippen LogP contribution in [0, 0.1) is 6.92 Å². The first-order chi connectivity index (χ1) is 11.7. The molecule has 2 aromatic carbocycles. The van der Waals surface area contributed by atoms with Crippen LogP contribution in [0.4, 0.5) is 0 Å². The van der Waals surface area contributed by atoms with Crippen LogP contribution in [0.1, 0.15) is 27.6 Å². The molecule has 0 bridgehead atoms. The maximum atomic E-state index is 10.9. The quantitative estimate of drug-likeness (QED) is 0.507. The average molecular weight is 317 g/mol. The van der Waals surface area contributed by atoms with Gasteiger partial charge in [0.1, 0.15) is 23.4 Å². The lowest BCUT2D eigenvalue weighted by molar-refractivity contribution is 0.112. The van der Waals surface area contributed by atoms with Crippen LogP contribution >= 0.6 is 0 Å². The SMILES string of the molecule is Cc1oc(-c2ccccc2)nc1Cc1cc2cc(C=O)ccc2o1. The molecule has 0 spiro atoms. The summed E-state index contributed by atoms with van der Waals surface area (Å²) in [6.07, 6.45) is 1.38. The van der Waals surface area contributed by atoms with Crippen molar-refractivity contribution < 1.29 is 13.6 Å². The summed E-state index contributed by atoms with van der Waals surface area (Å²) in [4.78, 5) is 15.5. The van der Waals surface area contributed by atoms with Gasteiger partial charge in [-0.25, -0.2) is 4.98 Å². The molecule has 4 nitrogen and oxygen atoms in total. The molecule has 0 aliphatic rings. The molecule has 0 saturated carbocycles. The Kier molecular flexibility index (Phi) is 3.50. The molecule has 0 N–H and O–H groups in total. The third kappa shape index (κ3) is 2.63. The number of rotatable bonds is 4. The van der Waals surface area contributed by atoms with Crippen LogP contribution in [-0.4, -0.2) is 11.3 Å². The zero-order valence-corrected chi connectivity index (χ0v) is 13.2. The van der Waals surface area contributed by atoms with Gasteiger partial charge in [0.15, 0.2) is 0 Å². The number of benzene rings is 2. The van der Waals surface area contributed by atoms with Gasteiger partial charge in [-0.3, -0.25) is 4.79 Å². The molecule has 2 aromatic heterocycles. The van der Waals surface area contributed by atoms with Crippen LogP contribution in [0.25, 0.3) is 22.4 Å². The van der Waals surface area contributed by atoms with E-state index in [4.69, 9.17) is 8.83 Å². The minimum atomic E-state index is 0.549. The molecular formula is C20H15NO3. The molecule has 0 saturated heterocycles. The second-order valence-electron chi connectivity index (χ2n) is 5.69. The number of fused-ring (bicyclic) bond motifs is 1. The highest BCUT2D eigenvalue weighted by atomic mass is 16.4. The molecule has 4 heteroatoms. The van der Waals surface area contributed by atoms with Gasteiger partial charge in [-0.1, -0.05) is 18.2 Å². The lowest BCUT2D eigenvalue weighted by Crippen LogP contribution is -1.88. The molecule has 118 valence electrons. The Morgan fingerprint density at radius 3 is 2.67 bits per heavy atom. The van der Waals surface area contributed by atoms with Gasteiger partial charge in [-0.2, -0.15) is 0 Å². The van der Waals surface area contributed by atoms with Crippen LogP contribution in [-0.2, 0) is 6.42 Å². The monoisotopic (exact) mass is 317 g/mol. The summed E-state index contributed by atoms with van der Waals surface area (Å²) in [7, 11) is 0. The molecule has 0 fully saturated rings. The molecule has 0 amide bonds. The third-order valence-corrected chi connectivity index (χ3v) is 3.98. The fourth-order valence-electron chi connectivity index (χ4n) is 2.74. The van der Waals surface area contributed by atoms with Crippen molar-refractivity contribution in [1.82, 2.24) is 4.98 Å². The van der Waals surface area contributed by atoms with Crippen molar-refractivity contribution in [1.29, 1.82) is 0 Å². The Morgan fingerprint density at radius 2 is 1.88 bits per heavy atom. The van der Waals surface area contributed by atoms with Crippen molar-refractivity contribution in [3.8, 4) is 11.5 Å². The summed E-state index contributed by atoms with van der Waals surface area (Å²) >= 11 is 0. The van der Waals surface area contributed by atoms with Gasteiger partial charge in [0.05, 0.1) is 12.1 Å². The lowest BCUT2D eigenvalue weighted by Gasteiger charge is -1.93. The van der Waals surface area contributed by atoms with Gasteiger partial charge in [-0.15, -0.1) is 0 Å². The molecule has 0 radical (unpaired) electrons. The molecule has 0 aliphatic heterocycles. The van der Waals surface area contributed by atoms with Gasteiger partial charge < -0.3 is 8.83 Å². The third-order valence-electron chi connectivity index (χ3n) is 3.98. The highest BCUT2D eigenvalue weighted by Gasteiger charge is 2.14. The number of furan rings is 1. The Hall–Kier alpha value is -3.14. The van der Waals surface area contributed by atoms with Gasteiger partial charge in [0.25, 0.3) is 0 Å². The Labute approximate surface area is 138 Å². The van der Waals surface area contributed by atoms with Crippen LogP contribution in [0.2, 0.25) is 0 Å². The highest BCUT2D eigenvalue weighted by molar-refractivity contribution is 5.86. The number of aryl methyl sites for hydroxylation is 1. The van der Waals surface area contributed by atoms with Crippen LogP contribution in [0.3, 0.4) is 0 Å². The van der Waals surface area contributed by atoms with E-state index in [0.29, 0.717) is 17.9 Å². The van der Waals surface area contributed by atoms with E-state index in [1.165, 1.54) is 0 Å². The number of carbonyl (C=O) groups is 1. The smallest absolute Gasteiger partial charge is 0.226 e. The number of aldehydes is 1. The first kappa shape index (κ1) is 14.5. The van der Waals surface area contributed by atoms with Crippen molar-refractivity contribution in [3.05, 3.63) is 77.4 Å². The summed E-state index contributed by atoms with van der Waals surface area (Å²) < 4.78 is 11.6. The van der Waals surface area contributed by atoms with Gasteiger partial charge in [0, 0.05) is 16.5 Å². The largest absolute Gasteiger partial charge is 0.461 e. The van der Waals surface area contributed by atoms with E-state index in [9.17, 15) is 4.79 Å². The summed E-state index contributed by atoms with van der Waals surface area (Å²) in [5.41, 5.74) is 3.20. The number of nitrogens with zero attached hydrogens (tertiary/aromatic N) is 1. The Balaban J connectivity index is 1.66. The molecule has 0 unspecified atom stereocenters. The molecule has 0 atom stereocenters. The standard InChI is InChI=1S/C20H15NO3/c1-13-18(21-20(23-13)15-5-3-2-4-6-15)11-17-10-16-9-14(12-22)7-8-19(16)24-17/h2-10,12H,11H2,1H3.